The predicted molar refractivity (Wildman–Crippen MR) is 33.1 cm³/mol. The fourth-order valence-electron chi connectivity index (χ4n) is 0. The molecule has 0 aromatic carbocycles. The average Bonchev–Trinajstić information content (AvgIpc) is 1.19. The first-order chi connectivity index (χ1) is 3.73. The molecular weight excluding hydrogens is 324 g/mol. The summed E-state index contributed by atoms with van der Waals surface area (Å²) in [7, 11) is -7.77. The molecule has 7 nitrogen and oxygen atoms in total. The predicted octanol–water partition coefficient (Wildman–Crippen LogP) is -2.70. The van der Waals surface area contributed by atoms with Crippen LogP contribution < -0.4 is 0 Å². The Kier molecular flexibility index (Phi) is 24.8. The second-order valence-corrected chi connectivity index (χ2v) is 2.39. The van der Waals surface area contributed by atoms with Crippen LogP contribution in [0.3, 0.4) is 0 Å². The summed E-state index contributed by atoms with van der Waals surface area (Å²) in [6.45, 7) is 0. The van der Waals surface area contributed by atoms with Crippen LogP contribution in [0, 0.1) is 0 Å². The van der Waals surface area contributed by atoms with Gasteiger partial charge in [0.05, 0.1) is 0 Å². The van der Waals surface area contributed by atoms with Crippen molar-refractivity contribution in [3.05, 3.63) is 0 Å². The zero-order chi connectivity index (χ0) is 8.08. The van der Waals surface area contributed by atoms with Crippen molar-refractivity contribution < 1.29 is 55.6 Å². The van der Waals surface area contributed by atoms with Gasteiger partial charge in [-0.15, -0.1) is 0 Å². The van der Waals surface area contributed by atoms with Crippen LogP contribution in [-0.4, -0.2) is 78.9 Å². The van der Waals surface area contributed by atoms with E-state index in [1.165, 1.54) is 0 Å². The van der Waals surface area contributed by atoms with Crippen molar-refractivity contribution in [2.45, 2.75) is 0 Å². The fraction of sp³-hybridized carbons (Fsp3) is 0. The Hall–Kier alpha value is 1.83. The number of hydrogen-bond donors (Lipinski definition) is 5. The van der Waals surface area contributed by atoms with Crippen molar-refractivity contribution >= 4 is 62.5 Å². The molecular formula is H7O7PSiSrZn. The van der Waals surface area contributed by atoms with Crippen LogP contribution in [0.4, 0.5) is 0 Å². The SMILES string of the molecule is O=P(O)(O)O.O=[Si](O)O.[H-].[H-].[Sr+2].[Zn]. The van der Waals surface area contributed by atoms with Gasteiger partial charge in [-0.2, -0.15) is 0 Å². The summed E-state index contributed by atoms with van der Waals surface area (Å²) in [4.78, 5) is 35.9. The molecule has 0 radical (unpaired) electrons. The first-order valence-corrected chi connectivity index (χ1v) is 4.30. The molecule has 0 aliphatic heterocycles. The average molecular weight is 331 g/mol. The third-order valence-electron chi connectivity index (χ3n) is 0. The third-order valence-corrected chi connectivity index (χ3v) is 0. The molecule has 0 bridgehead atoms. The van der Waals surface area contributed by atoms with E-state index >= 15 is 0 Å². The summed E-state index contributed by atoms with van der Waals surface area (Å²) in [6, 6.07) is 0. The molecule has 11 heteroatoms. The van der Waals surface area contributed by atoms with Gasteiger partial charge < -0.3 is 27.1 Å². The van der Waals surface area contributed by atoms with E-state index in [9.17, 15) is 0 Å². The van der Waals surface area contributed by atoms with Crippen LogP contribution in [0.5, 0.6) is 0 Å². The summed E-state index contributed by atoms with van der Waals surface area (Å²) in [5.74, 6) is 0. The maximum absolute atomic E-state index is 8.88. The Morgan fingerprint density at radius 2 is 1.18 bits per heavy atom. The Balaban J connectivity index is -0.0000000146. The molecule has 0 aliphatic rings. The van der Waals surface area contributed by atoms with Crippen molar-refractivity contribution in [1.29, 1.82) is 0 Å². The summed E-state index contributed by atoms with van der Waals surface area (Å²) in [5, 5.41) is 0. The maximum atomic E-state index is 8.88. The van der Waals surface area contributed by atoms with E-state index in [4.69, 9.17) is 33.3 Å². The summed E-state index contributed by atoms with van der Waals surface area (Å²) in [6.07, 6.45) is 0. The van der Waals surface area contributed by atoms with Gasteiger partial charge in [0.2, 0.25) is 0 Å². The van der Waals surface area contributed by atoms with Gasteiger partial charge >= 0.3 is 62.5 Å². The van der Waals surface area contributed by atoms with E-state index in [2.05, 4.69) is 0 Å². The van der Waals surface area contributed by atoms with E-state index in [1.54, 1.807) is 0 Å². The molecule has 5 N–H and O–H groups in total. The molecule has 0 spiro atoms. The molecule has 0 heterocycles. The maximum Gasteiger partial charge on any atom is 2.00 e. The van der Waals surface area contributed by atoms with Crippen LogP contribution in [-0.2, 0) is 28.5 Å². The van der Waals surface area contributed by atoms with Gasteiger partial charge in [-0.05, 0) is 0 Å². The van der Waals surface area contributed by atoms with E-state index in [1.807, 2.05) is 0 Å². The quantitative estimate of drug-likeness (QED) is 0.241. The minimum Gasteiger partial charge on any atom is -1.00 e. The van der Waals surface area contributed by atoms with Crippen LogP contribution in [0.15, 0.2) is 0 Å². The zero-order valence-electron chi connectivity index (χ0n) is 7.41. The van der Waals surface area contributed by atoms with Gasteiger partial charge in [-0.1, -0.05) is 0 Å². The monoisotopic (exact) mass is 330 g/mol. The second-order valence-electron chi connectivity index (χ2n) is 0.796. The van der Waals surface area contributed by atoms with E-state index in [-0.39, 0.29) is 67.8 Å². The first kappa shape index (κ1) is 23.0. The molecule has 0 rings (SSSR count). The molecule has 0 aliphatic carbocycles. The van der Waals surface area contributed by atoms with Gasteiger partial charge in [0.25, 0.3) is 0 Å². The Morgan fingerprint density at radius 1 is 1.18 bits per heavy atom. The minimum absolute atomic E-state index is 0. The Labute approximate surface area is 117 Å². The molecule has 0 saturated carbocycles. The molecule has 0 aromatic rings. The molecule has 11 heavy (non-hydrogen) atoms. The molecule has 62 valence electrons. The summed E-state index contributed by atoms with van der Waals surface area (Å²) in [5.41, 5.74) is 0. The van der Waals surface area contributed by atoms with Crippen molar-refractivity contribution in [2.24, 2.45) is 0 Å². The van der Waals surface area contributed by atoms with Gasteiger partial charge in [0, 0.05) is 19.5 Å². The largest absolute Gasteiger partial charge is 2.00 e. The zero-order valence-corrected chi connectivity index (χ0v) is 13.8. The molecule has 0 aromatic heterocycles. The first-order valence-electron chi connectivity index (χ1n) is 1.43. The topological polar surface area (TPSA) is 135 Å². The fourth-order valence-corrected chi connectivity index (χ4v) is 0. The van der Waals surface area contributed by atoms with Crippen LogP contribution in [0.25, 0.3) is 0 Å². The second kappa shape index (κ2) is 11.8. The van der Waals surface area contributed by atoms with Gasteiger partial charge in [0.15, 0.2) is 0 Å². The number of rotatable bonds is 0. The van der Waals surface area contributed by atoms with Crippen molar-refractivity contribution in [1.82, 2.24) is 0 Å². The normalized spacial score (nSPS) is 7.55. The van der Waals surface area contributed by atoms with E-state index in [0.29, 0.717) is 0 Å². The molecule has 0 amide bonds. The van der Waals surface area contributed by atoms with Gasteiger partial charge in [-0.25, -0.2) is 4.57 Å². The summed E-state index contributed by atoms with van der Waals surface area (Å²) >= 11 is 0. The molecule has 0 unspecified atom stereocenters. The minimum atomic E-state index is -4.64. The molecule has 0 atom stereocenters. The van der Waals surface area contributed by atoms with E-state index < -0.39 is 17.0 Å². The van der Waals surface area contributed by atoms with Crippen molar-refractivity contribution in [3.8, 4) is 0 Å². The Morgan fingerprint density at radius 3 is 1.18 bits per heavy atom. The third kappa shape index (κ3) is 341. The standard InChI is InChI=1S/H3O4P.H2O3Si.Sr.Zn.2H/c1-5(2,3)4;1-4(2)3;;;;/h(H3,1,2,3,4);1-2H;;;;/q;;+2;;2*-1. The molecule has 0 saturated heterocycles. The van der Waals surface area contributed by atoms with Gasteiger partial charge in [0.1, 0.15) is 0 Å². The number of phosphoric acid groups is 1. The Bertz CT molecular complexity index is 126. The van der Waals surface area contributed by atoms with Gasteiger partial charge in [-0.3, -0.25) is 4.46 Å². The summed E-state index contributed by atoms with van der Waals surface area (Å²) < 4.78 is 17.6. The van der Waals surface area contributed by atoms with E-state index in [0.717, 1.165) is 0 Å². The number of hydrogen-bond acceptors (Lipinski definition) is 2. The van der Waals surface area contributed by atoms with Crippen molar-refractivity contribution in [2.75, 3.05) is 0 Å². The van der Waals surface area contributed by atoms with Crippen molar-refractivity contribution in [3.63, 3.8) is 0 Å². The van der Waals surface area contributed by atoms with Crippen LogP contribution >= 0.6 is 7.82 Å². The molecule has 0 fully saturated rings. The van der Waals surface area contributed by atoms with Crippen LogP contribution in [0.1, 0.15) is 2.85 Å². The smallest absolute Gasteiger partial charge is 1.00 e. The van der Waals surface area contributed by atoms with Crippen LogP contribution in [0.2, 0.25) is 0 Å².